The summed E-state index contributed by atoms with van der Waals surface area (Å²) in [4.78, 5) is 16.5. The molecule has 5 heteroatoms. The molecular weight excluding hydrogens is 307 g/mol. The van der Waals surface area contributed by atoms with Crippen LogP contribution in [0.5, 0.6) is 0 Å². The zero-order chi connectivity index (χ0) is 16.9. The van der Waals surface area contributed by atoms with E-state index >= 15 is 0 Å². The Kier molecular flexibility index (Phi) is 5.11. The summed E-state index contributed by atoms with van der Waals surface area (Å²) >= 11 is 0. The molecule has 2 aromatic carbocycles. The maximum Gasteiger partial charge on any atom is 0.256 e. The van der Waals surface area contributed by atoms with Crippen molar-refractivity contribution in [3.8, 4) is 0 Å². The van der Waals surface area contributed by atoms with Gasteiger partial charge in [0.2, 0.25) is 0 Å². The predicted molar refractivity (Wildman–Crippen MR) is 91.4 cm³/mol. The molecule has 0 spiro atoms. The normalized spacial score (nSPS) is 16.1. The molecule has 0 radical (unpaired) electrons. The third kappa shape index (κ3) is 3.41. The summed E-state index contributed by atoms with van der Waals surface area (Å²) in [5, 5.41) is 0. The Hall–Kier alpha value is -2.40. The molecule has 3 rings (SSSR count). The second kappa shape index (κ2) is 7.45. The number of para-hydroxylation sites is 1. The molecule has 0 bridgehead atoms. The number of ether oxygens (including phenoxy) is 1. The number of nitrogens with zero attached hydrogens (tertiary/aromatic N) is 2. The molecule has 1 unspecified atom stereocenters. The number of hydrogen-bond donors (Lipinski definition) is 0. The summed E-state index contributed by atoms with van der Waals surface area (Å²) < 4.78 is 19.3. The van der Waals surface area contributed by atoms with Crippen LogP contribution in [0.4, 0.5) is 10.1 Å². The highest BCUT2D eigenvalue weighted by Crippen LogP contribution is 2.23. The van der Waals surface area contributed by atoms with E-state index in [0.717, 1.165) is 5.56 Å². The van der Waals surface area contributed by atoms with Gasteiger partial charge in [-0.3, -0.25) is 4.79 Å². The molecule has 4 nitrogen and oxygen atoms in total. The number of amides is 1. The SMILES string of the molecule is COC(C(=O)N1CCN(c2ccccc2F)CC1)c1ccccc1. The second-order valence-electron chi connectivity index (χ2n) is 5.79. The van der Waals surface area contributed by atoms with Crippen molar-refractivity contribution in [2.75, 3.05) is 38.2 Å². The largest absolute Gasteiger partial charge is 0.367 e. The maximum atomic E-state index is 13.9. The minimum atomic E-state index is -0.591. The first-order chi connectivity index (χ1) is 11.7. The first-order valence-electron chi connectivity index (χ1n) is 8.06. The Morgan fingerprint density at radius 1 is 1.00 bits per heavy atom. The minimum Gasteiger partial charge on any atom is -0.367 e. The lowest BCUT2D eigenvalue weighted by Crippen LogP contribution is -2.50. The fraction of sp³-hybridized carbons (Fsp3) is 0.316. The summed E-state index contributed by atoms with van der Waals surface area (Å²) in [7, 11) is 1.55. The van der Waals surface area contributed by atoms with Crippen molar-refractivity contribution in [2.24, 2.45) is 0 Å². The van der Waals surface area contributed by atoms with Crippen molar-refractivity contribution >= 4 is 11.6 Å². The Balaban J connectivity index is 1.66. The van der Waals surface area contributed by atoms with Gasteiger partial charge in [-0.05, 0) is 17.7 Å². The molecular formula is C19H21FN2O2. The van der Waals surface area contributed by atoms with Crippen molar-refractivity contribution in [3.05, 3.63) is 66.0 Å². The van der Waals surface area contributed by atoms with Crippen LogP contribution in [-0.2, 0) is 9.53 Å². The molecule has 0 N–H and O–H groups in total. The molecule has 1 saturated heterocycles. The van der Waals surface area contributed by atoms with Gasteiger partial charge in [0.15, 0.2) is 6.10 Å². The molecule has 2 aromatic rings. The molecule has 126 valence electrons. The summed E-state index contributed by atoms with van der Waals surface area (Å²) in [6, 6.07) is 16.2. The fourth-order valence-electron chi connectivity index (χ4n) is 3.05. The topological polar surface area (TPSA) is 32.8 Å². The monoisotopic (exact) mass is 328 g/mol. The highest BCUT2D eigenvalue weighted by molar-refractivity contribution is 5.82. The van der Waals surface area contributed by atoms with Crippen LogP contribution in [0, 0.1) is 5.82 Å². The molecule has 1 aliphatic rings. The van der Waals surface area contributed by atoms with Gasteiger partial charge in [0.05, 0.1) is 5.69 Å². The van der Waals surface area contributed by atoms with Gasteiger partial charge in [0, 0.05) is 33.3 Å². The Labute approximate surface area is 141 Å². The highest BCUT2D eigenvalue weighted by Gasteiger charge is 2.29. The number of rotatable bonds is 4. The quantitative estimate of drug-likeness (QED) is 0.865. The van der Waals surface area contributed by atoms with E-state index in [-0.39, 0.29) is 11.7 Å². The number of methoxy groups -OCH3 is 1. The van der Waals surface area contributed by atoms with Crippen LogP contribution in [0.3, 0.4) is 0 Å². The number of piperazine rings is 1. The summed E-state index contributed by atoms with van der Waals surface area (Å²) in [6.07, 6.45) is -0.591. The van der Waals surface area contributed by atoms with Crippen LogP contribution in [0.15, 0.2) is 54.6 Å². The van der Waals surface area contributed by atoms with E-state index in [1.54, 1.807) is 24.1 Å². The van der Waals surface area contributed by atoms with Gasteiger partial charge in [-0.1, -0.05) is 42.5 Å². The lowest BCUT2D eigenvalue weighted by atomic mass is 10.1. The van der Waals surface area contributed by atoms with Gasteiger partial charge in [-0.2, -0.15) is 0 Å². The average molecular weight is 328 g/mol. The highest BCUT2D eigenvalue weighted by atomic mass is 19.1. The van der Waals surface area contributed by atoms with Crippen LogP contribution in [0.1, 0.15) is 11.7 Å². The predicted octanol–water partition coefficient (Wildman–Crippen LogP) is 2.86. The molecule has 1 atom stereocenters. The van der Waals surface area contributed by atoms with Gasteiger partial charge >= 0.3 is 0 Å². The summed E-state index contributed by atoms with van der Waals surface area (Å²) in [6.45, 7) is 2.33. The van der Waals surface area contributed by atoms with E-state index in [2.05, 4.69) is 0 Å². The Morgan fingerprint density at radius 3 is 2.25 bits per heavy atom. The molecule has 0 aliphatic carbocycles. The molecule has 24 heavy (non-hydrogen) atoms. The van der Waals surface area contributed by atoms with Gasteiger partial charge in [-0.15, -0.1) is 0 Å². The number of carbonyl (C=O) groups is 1. The Morgan fingerprint density at radius 2 is 1.62 bits per heavy atom. The molecule has 1 amide bonds. The van der Waals surface area contributed by atoms with E-state index in [1.165, 1.54) is 6.07 Å². The third-order valence-electron chi connectivity index (χ3n) is 4.35. The van der Waals surface area contributed by atoms with Crippen molar-refractivity contribution < 1.29 is 13.9 Å². The van der Waals surface area contributed by atoms with Crippen LogP contribution in [0.2, 0.25) is 0 Å². The van der Waals surface area contributed by atoms with E-state index < -0.39 is 6.10 Å². The van der Waals surface area contributed by atoms with E-state index in [1.807, 2.05) is 41.3 Å². The van der Waals surface area contributed by atoms with E-state index in [9.17, 15) is 9.18 Å². The van der Waals surface area contributed by atoms with Crippen LogP contribution in [0.25, 0.3) is 0 Å². The third-order valence-corrected chi connectivity index (χ3v) is 4.35. The lowest BCUT2D eigenvalue weighted by Gasteiger charge is -2.37. The zero-order valence-electron chi connectivity index (χ0n) is 13.7. The molecule has 1 heterocycles. The van der Waals surface area contributed by atoms with E-state index in [4.69, 9.17) is 4.74 Å². The molecule has 1 fully saturated rings. The number of benzene rings is 2. The van der Waals surface area contributed by atoms with Crippen molar-refractivity contribution in [3.63, 3.8) is 0 Å². The van der Waals surface area contributed by atoms with Crippen molar-refractivity contribution in [1.29, 1.82) is 0 Å². The van der Waals surface area contributed by atoms with E-state index in [0.29, 0.717) is 31.9 Å². The molecule has 1 aliphatic heterocycles. The zero-order valence-corrected chi connectivity index (χ0v) is 13.7. The number of hydrogen-bond acceptors (Lipinski definition) is 3. The summed E-state index contributed by atoms with van der Waals surface area (Å²) in [5.41, 5.74) is 1.44. The van der Waals surface area contributed by atoms with Crippen LogP contribution in [-0.4, -0.2) is 44.1 Å². The Bertz CT molecular complexity index is 685. The van der Waals surface area contributed by atoms with Crippen LogP contribution >= 0.6 is 0 Å². The van der Waals surface area contributed by atoms with Crippen LogP contribution < -0.4 is 4.90 Å². The molecule has 0 aromatic heterocycles. The number of anilines is 1. The first-order valence-corrected chi connectivity index (χ1v) is 8.06. The van der Waals surface area contributed by atoms with Crippen molar-refractivity contribution in [2.45, 2.75) is 6.10 Å². The molecule has 0 saturated carbocycles. The van der Waals surface area contributed by atoms with Gasteiger partial charge in [0.1, 0.15) is 5.82 Å². The van der Waals surface area contributed by atoms with Crippen molar-refractivity contribution in [1.82, 2.24) is 4.90 Å². The standard InChI is InChI=1S/C19H21FN2O2/c1-24-18(15-7-3-2-4-8-15)19(23)22-13-11-21(12-14-22)17-10-6-5-9-16(17)20/h2-10,18H,11-14H2,1H3. The van der Waals surface area contributed by atoms with Gasteiger partial charge in [-0.25, -0.2) is 4.39 Å². The van der Waals surface area contributed by atoms with Gasteiger partial charge < -0.3 is 14.5 Å². The lowest BCUT2D eigenvalue weighted by molar-refractivity contribution is -0.142. The minimum absolute atomic E-state index is 0.0446. The number of carbonyl (C=O) groups excluding carboxylic acids is 1. The second-order valence-corrected chi connectivity index (χ2v) is 5.79. The number of halogens is 1. The maximum absolute atomic E-state index is 13.9. The summed E-state index contributed by atoms with van der Waals surface area (Å²) in [5.74, 6) is -0.270. The average Bonchev–Trinajstić information content (AvgIpc) is 2.64. The smallest absolute Gasteiger partial charge is 0.256 e. The fourth-order valence-corrected chi connectivity index (χ4v) is 3.05. The van der Waals surface area contributed by atoms with Gasteiger partial charge in [0.25, 0.3) is 5.91 Å². The first kappa shape index (κ1) is 16.5.